The van der Waals surface area contributed by atoms with Crippen LogP contribution in [0, 0.1) is 0 Å². The quantitative estimate of drug-likeness (QED) is 0.530. The van der Waals surface area contributed by atoms with Crippen LogP contribution in [0.4, 0.5) is 0 Å². The molecule has 0 saturated carbocycles. The highest BCUT2D eigenvalue weighted by atomic mass is 35.5. The smallest absolute Gasteiger partial charge is 0.0838 e. The van der Waals surface area contributed by atoms with Crippen LogP contribution in [0.2, 0.25) is 5.02 Å². The molecule has 0 amide bonds. The maximum absolute atomic E-state index is 6.44. The van der Waals surface area contributed by atoms with Crippen LogP contribution in [-0.4, -0.2) is 12.3 Å². The molecule has 0 heterocycles. The van der Waals surface area contributed by atoms with E-state index in [1.165, 1.54) is 12.3 Å². The monoisotopic (exact) mass is 249 g/mol. The lowest BCUT2D eigenvalue weighted by Crippen LogP contribution is -1.94. The molecule has 0 aliphatic carbocycles. The molecule has 0 spiro atoms. The Morgan fingerprint density at radius 1 is 1.21 bits per heavy atom. The minimum absolute atomic E-state index is 0.142. The molecular weight excluding hydrogens is 234 g/mol. The normalized spacial score (nSPS) is 13.2. The van der Waals surface area contributed by atoms with Crippen molar-refractivity contribution >= 4 is 31.1 Å². The summed E-state index contributed by atoms with van der Waals surface area (Å²) in [5.74, 6) is 0. The van der Waals surface area contributed by atoms with E-state index in [0.717, 1.165) is 10.6 Å². The third-order valence-corrected chi connectivity index (χ3v) is 6.79. The van der Waals surface area contributed by atoms with Crippen molar-refractivity contribution in [2.75, 3.05) is 12.3 Å². The van der Waals surface area contributed by atoms with Crippen LogP contribution in [0.15, 0.2) is 24.3 Å². The van der Waals surface area contributed by atoms with Crippen LogP contribution in [0.1, 0.15) is 24.5 Å². The van der Waals surface area contributed by atoms with Crippen molar-refractivity contribution in [3.8, 4) is 0 Å². The van der Waals surface area contributed by atoms with Gasteiger partial charge in [0.1, 0.15) is 0 Å². The number of rotatable bonds is 4. The molecule has 0 aliphatic heterocycles. The van der Waals surface area contributed by atoms with E-state index in [1.807, 2.05) is 24.3 Å². The van der Waals surface area contributed by atoms with Crippen molar-refractivity contribution in [3.05, 3.63) is 34.9 Å². The zero-order valence-electron chi connectivity index (χ0n) is 8.56. The fourth-order valence-electron chi connectivity index (χ4n) is 1.51. The number of halogens is 2. The van der Waals surface area contributed by atoms with Crippen molar-refractivity contribution in [2.24, 2.45) is 0 Å². The van der Waals surface area contributed by atoms with Crippen LogP contribution >= 0.6 is 31.1 Å². The van der Waals surface area contributed by atoms with Gasteiger partial charge in [0.25, 0.3) is 0 Å². The van der Waals surface area contributed by atoms with Gasteiger partial charge in [0.05, 0.1) is 12.3 Å². The van der Waals surface area contributed by atoms with Gasteiger partial charge in [-0.15, -0.1) is 0 Å². The Labute approximate surface area is 97.4 Å². The topological polar surface area (TPSA) is 0 Å². The number of alkyl halides is 1. The second-order valence-electron chi connectivity index (χ2n) is 3.25. The number of hydrogen-bond donors (Lipinski definition) is 0. The molecule has 0 fully saturated rings. The van der Waals surface area contributed by atoms with Crippen molar-refractivity contribution in [2.45, 2.75) is 19.0 Å². The predicted octanol–water partition coefficient (Wildman–Crippen LogP) is 4.83. The Morgan fingerprint density at radius 3 is 2.29 bits per heavy atom. The van der Waals surface area contributed by atoms with Gasteiger partial charge in [-0.2, -0.15) is 0 Å². The Hall–Kier alpha value is 0.230. The zero-order chi connectivity index (χ0) is 10.6. The van der Waals surface area contributed by atoms with Gasteiger partial charge in [-0.25, -0.2) is 0 Å². The molecular formula is C11H16Cl2P+. The minimum Gasteiger partial charge on any atom is -0.0838 e. The standard InChI is InChI=1S/C11H15Cl2P/c1-3-14(4-2)11(13)9-7-5-6-8-10(9)12/h5-8,11H,3-4H2,1-2H3/p+1. The largest absolute Gasteiger partial charge is 0.166 e. The number of hydrogen-bond acceptors (Lipinski definition) is 0. The SMILES string of the molecule is CC[PH+](CC)C(Cl)c1ccccc1Cl. The minimum atomic E-state index is -0.494. The average Bonchev–Trinajstić information content (AvgIpc) is 2.20. The average molecular weight is 250 g/mol. The van der Waals surface area contributed by atoms with Gasteiger partial charge in [-0.3, -0.25) is 0 Å². The predicted molar refractivity (Wildman–Crippen MR) is 69.4 cm³/mol. The van der Waals surface area contributed by atoms with E-state index in [9.17, 15) is 0 Å². The van der Waals surface area contributed by atoms with E-state index in [4.69, 9.17) is 23.2 Å². The van der Waals surface area contributed by atoms with E-state index in [-0.39, 0.29) is 5.12 Å². The van der Waals surface area contributed by atoms with Crippen molar-refractivity contribution in [3.63, 3.8) is 0 Å². The molecule has 1 unspecified atom stereocenters. The van der Waals surface area contributed by atoms with Crippen molar-refractivity contribution in [1.29, 1.82) is 0 Å². The molecule has 0 N–H and O–H groups in total. The molecule has 0 radical (unpaired) electrons. The number of benzene rings is 1. The summed E-state index contributed by atoms with van der Waals surface area (Å²) in [6, 6.07) is 7.90. The van der Waals surface area contributed by atoms with Gasteiger partial charge < -0.3 is 0 Å². The van der Waals surface area contributed by atoms with Gasteiger partial charge >= 0.3 is 0 Å². The Balaban J connectivity index is 2.88. The molecule has 0 bridgehead atoms. The van der Waals surface area contributed by atoms with Crippen LogP contribution in [0.3, 0.4) is 0 Å². The second kappa shape index (κ2) is 5.95. The molecule has 0 aliphatic rings. The summed E-state index contributed by atoms with van der Waals surface area (Å²) >= 11 is 12.5. The van der Waals surface area contributed by atoms with Crippen molar-refractivity contribution in [1.82, 2.24) is 0 Å². The third-order valence-electron chi connectivity index (χ3n) is 2.44. The summed E-state index contributed by atoms with van der Waals surface area (Å²) in [7, 11) is -0.494. The highest BCUT2D eigenvalue weighted by molar-refractivity contribution is 7.59. The molecule has 1 aromatic carbocycles. The Bertz CT molecular complexity index is 284. The van der Waals surface area contributed by atoms with Gasteiger partial charge in [-0.1, -0.05) is 41.4 Å². The lowest BCUT2D eigenvalue weighted by Gasteiger charge is -2.14. The third kappa shape index (κ3) is 2.86. The fraction of sp³-hybridized carbons (Fsp3) is 0.455. The van der Waals surface area contributed by atoms with Gasteiger partial charge in [0.15, 0.2) is 5.12 Å². The molecule has 0 saturated heterocycles. The summed E-state index contributed by atoms with van der Waals surface area (Å²) in [4.78, 5) is 0. The van der Waals surface area contributed by atoms with E-state index < -0.39 is 7.92 Å². The fourth-order valence-corrected chi connectivity index (χ4v) is 4.93. The maximum Gasteiger partial charge on any atom is 0.166 e. The summed E-state index contributed by atoms with van der Waals surface area (Å²) in [6.45, 7) is 4.42. The second-order valence-corrected chi connectivity index (χ2v) is 7.77. The first-order chi connectivity index (χ1) is 6.70. The lowest BCUT2D eigenvalue weighted by molar-refractivity contribution is 1.27. The summed E-state index contributed by atoms with van der Waals surface area (Å²) < 4.78 is 0. The van der Waals surface area contributed by atoms with Gasteiger partial charge in [-0.05, 0) is 19.9 Å². The lowest BCUT2D eigenvalue weighted by atomic mass is 10.2. The van der Waals surface area contributed by atoms with E-state index in [2.05, 4.69) is 13.8 Å². The van der Waals surface area contributed by atoms with Crippen LogP contribution in [-0.2, 0) is 0 Å². The summed E-state index contributed by atoms with van der Waals surface area (Å²) in [5.41, 5.74) is 1.11. The zero-order valence-corrected chi connectivity index (χ0v) is 11.1. The molecule has 0 nitrogen and oxygen atoms in total. The van der Waals surface area contributed by atoms with Gasteiger partial charge in [0.2, 0.25) is 0 Å². The first-order valence-electron chi connectivity index (χ1n) is 4.93. The molecule has 1 rings (SSSR count). The molecule has 1 atom stereocenters. The Kier molecular flexibility index (Phi) is 5.23. The molecule has 1 aromatic rings. The molecule has 0 aromatic heterocycles. The highest BCUT2D eigenvalue weighted by Gasteiger charge is 2.25. The van der Waals surface area contributed by atoms with E-state index in [1.54, 1.807) is 0 Å². The summed E-state index contributed by atoms with van der Waals surface area (Å²) in [6.07, 6.45) is 2.39. The molecule has 14 heavy (non-hydrogen) atoms. The first-order valence-corrected chi connectivity index (χ1v) is 7.74. The molecule has 78 valence electrons. The first kappa shape index (κ1) is 12.3. The van der Waals surface area contributed by atoms with Crippen LogP contribution in [0.5, 0.6) is 0 Å². The van der Waals surface area contributed by atoms with Crippen LogP contribution < -0.4 is 0 Å². The van der Waals surface area contributed by atoms with E-state index in [0.29, 0.717) is 0 Å². The van der Waals surface area contributed by atoms with Gasteiger partial charge in [0, 0.05) is 18.5 Å². The van der Waals surface area contributed by atoms with E-state index >= 15 is 0 Å². The van der Waals surface area contributed by atoms with Crippen molar-refractivity contribution < 1.29 is 0 Å². The molecule has 3 heteroatoms. The maximum atomic E-state index is 6.44. The Morgan fingerprint density at radius 2 is 1.79 bits per heavy atom. The van der Waals surface area contributed by atoms with Crippen LogP contribution in [0.25, 0.3) is 0 Å². The highest BCUT2D eigenvalue weighted by Crippen LogP contribution is 2.54. The summed E-state index contributed by atoms with van der Waals surface area (Å²) in [5, 5.41) is 0.945.